The van der Waals surface area contributed by atoms with Crippen LogP contribution in [-0.2, 0) is 9.16 Å². The molecule has 1 aliphatic rings. The second-order valence-corrected chi connectivity index (χ2v) is 15.0. The normalized spacial score (nSPS) is 21.1. The molecule has 0 aliphatic carbocycles. The van der Waals surface area contributed by atoms with Crippen molar-refractivity contribution >= 4 is 26.0 Å². The molecule has 28 heavy (non-hydrogen) atoms. The smallest absolute Gasteiger partial charge is 0.410 e. The first-order valence-corrected chi connectivity index (χ1v) is 12.9. The molecule has 2 atom stereocenters. The van der Waals surface area contributed by atoms with Crippen molar-refractivity contribution in [1.82, 2.24) is 9.88 Å². The standard InChI is InChI=1S/C20H32ClFN2O3Si/c1-19(2,3)26-18(25)24-12-13(27-28(7,8)20(4,5)6)11-15(24)14-9-10-16(21)23-17(14)22/h9-10,13,15H,11-12H2,1-8H3. The zero-order valence-electron chi connectivity index (χ0n) is 18.1. The van der Waals surface area contributed by atoms with Crippen molar-refractivity contribution in [2.75, 3.05) is 6.54 Å². The second kappa shape index (κ2) is 7.92. The average molecular weight is 431 g/mol. The first-order valence-electron chi connectivity index (χ1n) is 9.60. The zero-order valence-corrected chi connectivity index (χ0v) is 19.9. The summed E-state index contributed by atoms with van der Waals surface area (Å²) in [5, 5.41) is 0.117. The van der Waals surface area contributed by atoms with E-state index in [-0.39, 0.29) is 16.3 Å². The Hall–Kier alpha value is -1.18. The molecule has 2 heterocycles. The highest BCUT2D eigenvalue weighted by molar-refractivity contribution is 6.74. The molecule has 1 saturated heterocycles. The molecule has 1 fully saturated rings. The van der Waals surface area contributed by atoms with E-state index >= 15 is 0 Å². The van der Waals surface area contributed by atoms with Crippen LogP contribution in [0.3, 0.4) is 0 Å². The van der Waals surface area contributed by atoms with Gasteiger partial charge in [0.25, 0.3) is 0 Å². The van der Waals surface area contributed by atoms with Crippen molar-refractivity contribution in [2.24, 2.45) is 0 Å². The Kier molecular flexibility index (Phi) is 6.53. The van der Waals surface area contributed by atoms with Crippen LogP contribution in [0.25, 0.3) is 0 Å². The second-order valence-electron chi connectivity index (χ2n) is 9.90. The van der Waals surface area contributed by atoms with E-state index in [1.54, 1.807) is 11.0 Å². The van der Waals surface area contributed by atoms with E-state index in [9.17, 15) is 9.18 Å². The van der Waals surface area contributed by atoms with Gasteiger partial charge in [-0.05, 0) is 57.5 Å². The van der Waals surface area contributed by atoms with Gasteiger partial charge in [0.2, 0.25) is 5.95 Å². The van der Waals surface area contributed by atoms with Crippen molar-refractivity contribution in [3.05, 3.63) is 28.8 Å². The van der Waals surface area contributed by atoms with Crippen LogP contribution in [0.5, 0.6) is 0 Å². The Labute approximate surface area is 173 Å². The Balaban J connectivity index is 2.32. The van der Waals surface area contributed by atoms with Crippen LogP contribution in [-0.4, -0.2) is 42.5 Å². The minimum absolute atomic E-state index is 0.0366. The topological polar surface area (TPSA) is 51.7 Å². The average Bonchev–Trinajstić information content (AvgIpc) is 2.87. The fourth-order valence-electron chi connectivity index (χ4n) is 2.96. The summed E-state index contributed by atoms with van der Waals surface area (Å²) < 4.78 is 26.6. The number of carbonyl (C=O) groups is 1. The lowest BCUT2D eigenvalue weighted by Gasteiger charge is -2.38. The summed E-state index contributed by atoms with van der Waals surface area (Å²) in [6.07, 6.45) is -0.173. The van der Waals surface area contributed by atoms with Gasteiger partial charge in [-0.2, -0.15) is 4.39 Å². The molecule has 1 aromatic rings. The van der Waals surface area contributed by atoms with Gasteiger partial charge in [0.05, 0.1) is 12.1 Å². The minimum Gasteiger partial charge on any atom is -0.444 e. The fourth-order valence-corrected chi connectivity index (χ4v) is 4.46. The van der Waals surface area contributed by atoms with E-state index in [2.05, 4.69) is 38.8 Å². The summed E-state index contributed by atoms with van der Waals surface area (Å²) >= 11 is 5.80. The molecular formula is C20H32ClFN2O3Si. The number of rotatable bonds is 3. The lowest BCUT2D eigenvalue weighted by atomic mass is 10.1. The van der Waals surface area contributed by atoms with Gasteiger partial charge in [-0.1, -0.05) is 32.4 Å². The van der Waals surface area contributed by atoms with E-state index in [0.29, 0.717) is 18.5 Å². The van der Waals surface area contributed by atoms with E-state index in [0.717, 1.165) is 0 Å². The third kappa shape index (κ3) is 5.45. The lowest BCUT2D eigenvalue weighted by molar-refractivity contribution is 0.0206. The predicted octanol–water partition coefficient (Wildman–Crippen LogP) is 5.95. The quantitative estimate of drug-likeness (QED) is 0.439. The highest BCUT2D eigenvalue weighted by Gasteiger charge is 2.45. The van der Waals surface area contributed by atoms with Crippen LogP contribution in [0.2, 0.25) is 23.3 Å². The summed E-state index contributed by atoms with van der Waals surface area (Å²) in [7, 11) is -2.04. The first-order chi connectivity index (χ1) is 12.6. The Morgan fingerprint density at radius 3 is 2.36 bits per heavy atom. The van der Waals surface area contributed by atoms with Crippen molar-refractivity contribution in [3.8, 4) is 0 Å². The maximum absolute atomic E-state index is 14.5. The summed E-state index contributed by atoms with van der Waals surface area (Å²) in [6, 6.07) is 2.62. The molecule has 0 saturated carbocycles. The number of nitrogens with zero attached hydrogens (tertiary/aromatic N) is 2. The van der Waals surface area contributed by atoms with Crippen molar-refractivity contribution in [2.45, 2.75) is 83.8 Å². The molecule has 5 nitrogen and oxygen atoms in total. The first kappa shape index (κ1) is 23.1. The molecule has 0 aromatic carbocycles. The van der Waals surface area contributed by atoms with Crippen molar-refractivity contribution < 1.29 is 18.3 Å². The van der Waals surface area contributed by atoms with Crippen LogP contribution in [0.15, 0.2) is 12.1 Å². The summed E-state index contributed by atoms with van der Waals surface area (Å²) in [6.45, 7) is 16.6. The van der Waals surface area contributed by atoms with Gasteiger partial charge in [-0.25, -0.2) is 9.78 Å². The number of pyridine rings is 1. The molecule has 0 N–H and O–H groups in total. The third-order valence-electron chi connectivity index (χ3n) is 5.36. The van der Waals surface area contributed by atoms with E-state index in [1.165, 1.54) is 6.07 Å². The number of halogens is 2. The fraction of sp³-hybridized carbons (Fsp3) is 0.700. The predicted molar refractivity (Wildman–Crippen MR) is 112 cm³/mol. The van der Waals surface area contributed by atoms with E-state index in [4.69, 9.17) is 20.8 Å². The van der Waals surface area contributed by atoms with Crippen LogP contribution >= 0.6 is 11.6 Å². The van der Waals surface area contributed by atoms with Crippen LogP contribution in [0.1, 0.15) is 59.6 Å². The van der Waals surface area contributed by atoms with Gasteiger partial charge in [-0.3, -0.25) is 4.90 Å². The van der Waals surface area contributed by atoms with E-state index in [1.807, 2.05) is 20.8 Å². The number of ether oxygens (including phenoxy) is 1. The van der Waals surface area contributed by atoms with Gasteiger partial charge in [0.15, 0.2) is 8.32 Å². The largest absolute Gasteiger partial charge is 0.444 e. The maximum Gasteiger partial charge on any atom is 0.410 e. The molecule has 0 radical (unpaired) electrons. The van der Waals surface area contributed by atoms with Crippen molar-refractivity contribution in [1.29, 1.82) is 0 Å². The molecule has 0 bridgehead atoms. The SMILES string of the molecule is CC(C)(C)OC(=O)N1CC(O[Si](C)(C)C(C)(C)C)CC1c1ccc(Cl)nc1F. The highest BCUT2D eigenvalue weighted by Crippen LogP contribution is 2.42. The number of hydrogen-bond acceptors (Lipinski definition) is 4. The van der Waals surface area contributed by atoms with Gasteiger partial charge in [0.1, 0.15) is 10.8 Å². The molecule has 8 heteroatoms. The number of hydrogen-bond donors (Lipinski definition) is 0. The summed E-state index contributed by atoms with van der Waals surface area (Å²) in [4.78, 5) is 18.1. The maximum atomic E-state index is 14.5. The third-order valence-corrected chi connectivity index (χ3v) is 10.1. The van der Waals surface area contributed by atoms with E-state index < -0.39 is 32.0 Å². The molecule has 2 unspecified atom stereocenters. The molecular weight excluding hydrogens is 399 g/mol. The van der Waals surface area contributed by atoms with Gasteiger partial charge >= 0.3 is 6.09 Å². The summed E-state index contributed by atoms with van der Waals surface area (Å²) in [5.41, 5.74) is -0.312. The number of carbonyl (C=O) groups excluding carboxylic acids is 1. The van der Waals surface area contributed by atoms with Crippen LogP contribution < -0.4 is 0 Å². The monoisotopic (exact) mass is 430 g/mol. The molecule has 158 valence electrons. The molecule has 0 spiro atoms. The molecule has 1 aliphatic heterocycles. The van der Waals surface area contributed by atoms with Gasteiger partial charge in [-0.15, -0.1) is 0 Å². The molecule has 2 rings (SSSR count). The highest BCUT2D eigenvalue weighted by atomic mass is 35.5. The van der Waals surface area contributed by atoms with Crippen LogP contribution in [0, 0.1) is 5.95 Å². The van der Waals surface area contributed by atoms with Crippen LogP contribution in [0.4, 0.5) is 9.18 Å². The Morgan fingerprint density at radius 2 is 1.86 bits per heavy atom. The number of likely N-dealkylation sites (tertiary alicyclic amines) is 1. The number of aromatic nitrogens is 1. The van der Waals surface area contributed by atoms with Crippen molar-refractivity contribution in [3.63, 3.8) is 0 Å². The minimum atomic E-state index is -2.04. The Bertz CT molecular complexity index is 731. The Morgan fingerprint density at radius 1 is 1.25 bits per heavy atom. The van der Waals surface area contributed by atoms with Gasteiger partial charge in [0, 0.05) is 12.1 Å². The lowest BCUT2D eigenvalue weighted by Crippen LogP contribution is -2.45. The molecule has 1 amide bonds. The summed E-state index contributed by atoms with van der Waals surface area (Å²) in [5.74, 6) is -0.668. The van der Waals surface area contributed by atoms with Gasteiger partial charge < -0.3 is 9.16 Å². The number of amides is 1. The zero-order chi connectivity index (χ0) is 21.5. The molecule has 1 aromatic heterocycles.